The zero-order chi connectivity index (χ0) is 16.0. The van der Waals surface area contributed by atoms with Crippen LogP contribution in [0.15, 0.2) is 0 Å². The monoisotopic (exact) mass is 336 g/mol. The molecule has 0 saturated carbocycles. The molecule has 1 atom stereocenters. The summed E-state index contributed by atoms with van der Waals surface area (Å²) in [5.74, 6) is -3.57. The molecule has 0 amide bonds. The van der Waals surface area contributed by atoms with Gasteiger partial charge in [-0.3, -0.25) is 4.74 Å². The van der Waals surface area contributed by atoms with Gasteiger partial charge in [-0.25, -0.2) is 4.39 Å². The third kappa shape index (κ3) is 6.32. The van der Waals surface area contributed by atoms with Crippen molar-refractivity contribution in [3.63, 3.8) is 0 Å². The highest BCUT2D eigenvalue weighted by Crippen LogP contribution is 2.31. The van der Waals surface area contributed by atoms with Crippen LogP contribution in [0.5, 0.6) is 0 Å². The molecular formula is C7H11F7O5Si. The second-order valence-corrected chi connectivity index (χ2v) is 5.91. The van der Waals surface area contributed by atoms with E-state index in [0.717, 1.165) is 0 Å². The number of rotatable bonds is 8. The maximum atomic E-state index is 13.2. The van der Waals surface area contributed by atoms with E-state index in [9.17, 15) is 30.7 Å². The average Bonchev–Trinajstić information content (AvgIpc) is 2.31. The summed E-state index contributed by atoms with van der Waals surface area (Å²) in [6.45, 7) is -2.48. The van der Waals surface area contributed by atoms with Crippen molar-refractivity contribution in [2.75, 3.05) is 27.8 Å². The third-order valence-corrected chi connectivity index (χ3v) is 4.42. The maximum absolute atomic E-state index is 13.2. The molecule has 0 heterocycles. The van der Waals surface area contributed by atoms with Gasteiger partial charge >= 0.3 is 21.3 Å². The molecule has 0 aliphatic carbocycles. The summed E-state index contributed by atoms with van der Waals surface area (Å²) in [6.07, 6.45) is -10.3. The first-order chi connectivity index (χ1) is 8.98. The van der Waals surface area contributed by atoms with Crippen molar-refractivity contribution in [3.05, 3.63) is 0 Å². The largest absolute Gasteiger partial charge is 0.548 e. The van der Waals surface area contributed by atoms with E-state index in [1.165, 1.54) is 0 Å². The molecule has 13 heteroatoms. The van der Waals surface area contributed by atoms with Crippen LogP contribution in [0.4, 0.5) is 30.7 Å². The number of hydrogen-bond donors (Lipinski definition) is 0. The Morgan fingerprint density at radius 2 is 1.45 bits per heavy atom. The summed E-state index contributed by atoms with van der Waals surface area (Å²) in [7, 11) is -3.41. The number of hydrogen-bond acceptors (Lipinski definition) is 5. The Bertz CT molecular complexity index is 280. The van der Waals surface area contributed by atoms with E-state index in [0.29, 0.717) is 14.2 Å². The number of halogens is 7. The summed E-state index contributed by atoms with van der Waals surface area (Å²) in [5, 5.41) is 0. The molecule has 5 nitrogen and oxygen atoms in total. The molecule has 20 heavy (non-hydrogen) atoms. The highest BCUT2D eigenvalue weighted by molar-refractivity contribution is 6.62. The number of ether oxygens (including phenoxy) is 2. The van der Waals surface area contributed by atoms with E-state index in [4.69, 9.17) is 0 Å². The molecule has 0 aromatic carbocycles. The Balaban J connectivity index is 4.42. The zero-order valence-electron chi connectivity index (χ0n) is 10.2. The van der Waals surface area contributed by atoms with Crippen molar-refractivity contribution in [1.82, 2.24) is 0 Å². The van der Waals surface area contributed by atoms with Crippen molar-refractivity contribution < 1.29 is 53.5 Å². The second-order valence-electron chi connectivity index (χ2n) is 3.09. The summed E-state index contributed by atoms with van der Waals surface area (Å²) in [5.41, 5.74) is 0. The minimum atomic E-state index is -5.32. The Labute approximate surface area is 109 Å². The van der Waals surface area contributed by atoms with Gasteiger partial charge in [0.2, 0.25) is 0 Å². The molecule has 0 saturated heterocycles. The first-order valence-corrected chi connectivity index (χ1v) is 6.52. The van der Waals surface area contributed by atoms with Crippen LogP contribution < -0.4 is 0 Å². The van der Waals surface area contributed by atoms with Crippen LogP contribution in [0, 0.1) is 0 Å². The van der Waals surface area contributed by atoms with Crippen molar-refractivity contribution in [3.8, 4) is 0 Å². The fourth-order valence-electron chi connectivity index (χ4n) is 0.948. The van der Waals surface area contributed by atoms with Gasteiger partial charge in [-0.2, -0.15) is 13.2 Å². The maximum Gasteiger partial charge on any atom is 0.548 e. The Hall–Kier alpha value is -0.473. The standard InChI is InChI=1S/C7H11F7O5Si/c1-15-20(16-2,5(8)6(9,10)11)19-4-17-3-18-7(12,13)14/h5H,3-4H2,1-2H3. The predicted octanol–water partition coefficient (Wildman–Crippen LogP) is 2.14. The fraction of sp³-hybridized carbons (Fsp3) is 1.00. The van der Waals surface area contributed by atoms with Crippen molar-refractivity contribution in [2.24, 2.45) is 0 Å². The molecule has 0 aliphatic heterocycles. The summed E-state index contributed by atoms with van der Waals surface area (Å²) in [4.78, 5) is 0. The molecule has 0 N–H and O–H groups in total. The topological polar surface area (TPSA) is 46.2 Å². The van der Waals surface area contributed by atoms with Gasteiger partial charge in [0.05, 0.1) is 0 Å². The van der Waals surface area contributed by atoms with Gasteiger partial charge in [0.1, 0.15) is 6.79 Å². The first-order valence-electron chi connectivity index (χ1n) is 4.72. The van der Waals surface area contributed by atoms with E-state index in [2.05, 4.69) is 22.8 Å². The molecule has 0 rings (SSSR count). The predicted molar refractivity (Wildman–Crippen MR) is 49.8 cm³/mol. The van der Waals surface area contributed by atoms with Crippen molar-refractivity contribution >= 4 is 8.80 Å². The molecule has 0 aliphatic rings. The molecule has 0 bridgehead atoms. The summed E-state index contributed by atoms with van der Waals surface area (Å²) >= 11 is 0. The molecule has 1 unspecified atom stereocenters. The van der Waals surface area contributed by atoms with Gasteiger partial charge in [-0.1, -0.05) is 0 Å². The molecule has 0 aromatic heterocycles. The minimum Gasteiger partial charge on any atom is -0.375 e. The Morgan fingerprint density at radius 3 is 1.80 bits per heavy atom. The lowest BCUT2D eigenvalue weighted by Gasteiger charge is -2.29. The highest BCUT2D eigenvalue weighted by atomic mass is 28.4. The van der Waals surface area contributed by atoms with E-state index in [-0.39, 0.29) is 0 Å². The lowest BCUT2D eigenvalue weighted by atomic mass is 10.7. The summed E-state index contributed by atoms with van der Waals surface area (Å²) < 4.78 is 105. The minimum absolute atomic E-state index is 0.709. The number of alkyl halides is 7. The van der Waals surface area contributed by atoms with E-state index >= 15 is 0 Å². The average molecular weight is 336 g/mol. The first kappa shape index (κ1) is 19.5. The lowest BCUT2D eigenvalue weighted by Crippen LogP contribution is -2.59. The smallest absolute Gasteiger partial charge is 0.375 e. The normalized spacial score (nSPS) is 15.4. The van der Waals surface area contributed by atoms with Crippen LogP contribution in [0.2, 0.25) is 0 Å². The molecule has 0 spiro atoms. The Morgan fingerprint density at radius 1 is 0.950 bits per heavy atom. The second kappa shape index (κ2) is 7.51. The van der Waals surface area contributed by atoms with Gasteiger partial charge < -0.3 is 18.0 Å². The quantitative estimate of drug-likeness (QED) is 0.294. The molecule has 0 radical (unpaired) electrons. The zero-order valence-corrected chi connectivity index (χ0v) is 11.2. The van der Waals surface area contributed by atoms with E-state index in [1.807, 2.05) is 0 Å². The van der Waals surface area contributed by atoms with Crippen LogP contribution in [0.3, 0.4) is 0 Å². The Kier molecular flexibility index (Phi) is 7.33. The van der Waals surface area contributed by atoms with Crippen LogP contribution in [0.1, 0.15) is 0 Å². The van der Waals surface area contributed by atoms with Gasteiger partial charge in [-0.15, -0.1) is 13.2 Å². The van der Waals surface area contributed by atoms with Crippen molar-refractivity contribution in [1.29, 1.82) is 0 Å². The van der Waals surface area contributed by atoms with Crippen LogP contribution in [-0.2, 0) is 22.8 Å². The van der Waals surface area contributed by atoms with Crippen molar-refractivity contribution in [2.45, 2.75) is 18.3 Å². The van der Waals surface area contributed by atoms with Gasteiger partial charge in [0.15, 0.2) is 6.79 Å². The van der Waals surface area contributed by atoms with E-state index < -0.39 is 40.7 Å². The molecule has 122 valence electrons. The highest BCUT2D eigenvalue weighted by Gasteiger charge is 2.63. The van der Waals surface area contributed by atoms with E-state index in [1.54, 1.807) is 0 Å². The molecular weight excluding hydrogens is 325 g/mol. The fourth-order valence-corrected chi connectivity index (χ4v) is 2.56. The summed E-state index contributed by atoms with van der Waals surface area (Å²) in [6, 6.07) is 0. The van der Waals surface area contributed by atoms with Gasteiger partial charge in [0, 0.05) is 14.2 Å². The third-order valence-electron chi connectivity index (χ3n) is 1.82. The van der Waals surface area contributed by atoms with Crippen LogP contribution in [0.25, 0.3) is 0 Å². The van der Waals surface area contributed by atoms with Gasteiger partial charge in [-0.05, 0) is 0 Å². The molecule has 0 aromatic rings. The van der Waals surface area contributed by atoms with Crippen LogP contribution >= 0.6 is 0 Å². The SMILES string of the molecule is CO[Si](OC)(OCOCOC(F)(F)F)C(F)C(F)(F)F. The lowest BCUT2D eigenvalue weighted by molar-refractivity contribution is -0.353. The van der Waals surface area contributed by atoms with Gasteiger partial charge in [0.25, 0.3) is 5.79 Å². The molecule has 0 fully saturated rings. The van der Waals surface area contributed by atoms with Crippen LogP contribution in [-0.4, -0.2) is 54.9 Å².